The van der Waals surface area contributed by atoms with E-state index in [1.165, 1.54) is 18.3 Å². The molecular weight excluding hydrogens is 207 g/mol. The van der Waals surface area contributed by atoms with E-state index >= 15 is 0 Å². The fourth-order valence-corrected chi connectivity index (χ4v) is 0.964. The summed E-state index contributed by atoms with van der Waals surface area (Å²) in [7, 11) is 0. The molecule has 0 aliphatic rings. The zero-order valence-electron chi connectivity index (χ0n) is 5.67. The summed E-state index contributed by atoms with van der Waals surface area (Å²) < 4.78 is 0. The molecule has 1 aromatic rings. The van der Waals surface area contributed by atoms with Crippen molar-refractivity contribution in [1.29, 1.82) is 0 Å². The quantitative estimate of drug-likeness (QED) is 0.671. The normalized spacial score (nSPS) is 8.27. The number of carbonyl (C=O) groups excluding carboxylic acids is 1. The van der Waals surface area contributed by atoms with Gasteiger partial charge in [-0.25, -0.2) is 4.98 Å². The van der Waals surface area contributed by atoms with Gasteiger partial charge in [-0.3, -0.25) is 4.79 Å². The number of carbonyl (C=O) groups is 1. The Morgan fingerprint density at radius 3 is 2.36 bits per heavy atom. The minimum Gasteiger partial charge on any atom is -0.375 e. The Kier molecular flexibility index (Phi) is 5.19. The van der Waals surface area contributed by atoms with Gasteiger partial charge in [0.25, 0.3) is 0 Å². The second-order valence-corrected chi connectivity index (χ2v) is 3.29. The second kappa shape index (κ2) is 5.35. The van der Waals surface area contributed by atoms with E-state index in [0.29, 0.717) is 10.3 Å². The topological polar surface area (TPSA) is 56.0 Å². The second-order valence-electron chi connectivity index (χ2n) is 1.48. The number of anilines is 1. The third-order valence-electron chi connectivity index (χ3n) is 0.494. The molecule has 0 spiro atoms. The number of nitrogens with zero attached hydrogens (tertiary/aromatic N) is 1. The largest absolute Gasteiger partial charge is 0.375 e. The zero-order valence-corrected chi connectivity index (χ0v) is 8.00. The van der Waals surface area contributed by atoms with Crippen LogP contribution in [0.5, 0.6) is 0 Å². The molecule has 6 heteroatoms. The van der Waals surface area contributed by atoms with Crippen LogP contribution in [0.1, 0.15) is 6.92 Å². The number of hydrogen-bond acceptors (Lipinski definition) is 4. The Bertz CT molecular complexity index is 218. The van der Waals surface area contributed by atoms with E-state index in [2.05, 4.69) is 16.6 Å². The summed E-state index contributed by atoms with van der Waals surface area (Å²) in [6.45, 7) is 1.29. The van der Waals surface area contributed by atoms with E-state index < -0.39 is 0 Å². The van der Waals surface area contributed by atoms with Crippen LogP contribution in [0.4, 0.5) is 5.13 Å². The molecule has 0 fully saturated rings. The van der Waals surface area contributed by atoms with Crippen molar-refractivity contribution >= 4 is 44.9 Å². The molecule has 11 heavy (non-hydrogen) atoms. The molecule has 0 bridgehead atoms. The SMILES string of the molecule is CC(=O)Cl.Nc1nc(Cl)cs1. The zero-order chi connectivity index (χ0) is 8.85. The van der Waals surface area contributed by atoms with Crippen molar-refractivity contribution in [3.8, 4) is 0 Å². The first-order valence-electron chi connectivity index (χ1n) is 2.55. The van der Waals surface area contributed by atoms with Crippen molar-refractivity contribution in [1.82, 2.24) is 4.98 Å². The first-order chi connectivity index (χ1) is 5.02. The van der Waals surface area contributed by atoms with Crippen molar-refractivity contribution in [3.05, 3.63) is 10.5 Å². The lowest BCUT2D eigenvalue weighted by molar-refractivity contribution is -0.109. The van der Waals surface area contributed by atoms with Gasteiger partial charge in [0.1, 0.15) is 5.15 Å². The first kappa shape index (κ1) is 10.7. The predicted octanol–water partition coefficient (Wildman–Crippen LogP) is 2.15. The Morgan fingerprint density at radius 1 is 1.82 bits per heavy atom. The standard InChI is InChI=1S/C3H3ClN2S.C2H3ClO/c4-2-1-7-3(5)6-2;1-2(3)4/h1H,(H2,5,6);1H3. The minimum absolute atomic E-state index is 0.361. The highest BCUT2D eigenvalue weighted by molar-refractivity contribution is 7.13. The molecule has 0 amide bonds. The molecule has 0 saturated carbocycles. The monoisotopic (exact) mass is 212 g/mol. The molecule has 0 radical (unpaired) electrons. The molecular formula is C5H6Cl2N2OS. The van der Waals surface area contributed by atoms with Crippen LogP contribution in [0.15, 0.2) is 5.38 Å². The van der Waals surface area contributed by atoms with Gasteiger partial charge in [-0.2, -0.15) is 0 Å². The Morgan fingerprint density at radius 2 is 2.27 bits per heavy atom. The Balaban J connectivity index is 0.000000218. The van der Waals surface area contributed by atoms with Gasteiger partial charge in [-0.1, -0.05) is 11.6 Å². The number of nitrogens with two attached hydrogens (primary N) is 1. The lowest BCUT2D eigenvalue weighted by Gasteiger charge is -1.70. The summed E-state index contributed by atoms with van der Waals surface area (Å²) in [5.41, 5.74) is 5.20. The van der Waals surface area contributed by atoms with Gasteiger partial charge in [-0.15, -0.1) is 11.3 Å². The third kappa shape index (κ3) is 7.58. The van der Waals surface area contributed by atoms with E-state index in [-0.39, 0.29) is 5.24 Å². The first-order valence-corrected chi connectivity index (χ1v) is 4.18. The Hall–Kier alpha value is -0.320. The number of halogens is 2. The molecule has 3 nitrogen and oxygen atoms in total. The maximum Gasteiger partial charge on any atom is 0.218 e. The van der Waals surface area contributed by atoms with Gasteiger partial charge >= 0.3 is 0 Å². The summed E-state index contributed by atoms with van der Waals surface area (Å²) in [4.78, 5) is 12.9. The van der Waals surface area contributed by atoms with Gasteiger partial charge in [0, 0.05) is 12.3 Å². The molecule has 62 valence electrons. The van der Waals surface area contributed by atoms with Crippen molar-refractivity contribution in [3.63, 3.8) is 0 Å². The molecule has 2 N–H and O–H groups in total. The van der Waals surface area contributed by atoms with Gasteiger partial charge < -0.3 is 5.73 Å². The average molecular weight is 213 g/mol. The van der Waals surface area contributed by atoms with Gasteiger partial charge in [0.15, 0.2) is 5.13 Å². The third-order valence-corrected chi connectivity index (χ3v) is 1.49. The van der Waals surface area contributed by atoms with E-state index in [1.54, 1.807) is 5.38 Å². The van der Waals surface area contributed by atoms with Crippen LogP contribution < -0.4 is 5.73 Å². The van der Waals surface area contributed by atoms with E-state index in [0.717, 1.165) is 0 Å². The number of nitrogen functional groups attached to an aromatic ring is 1. The fourth-order valence-electron chi connectivity index (χ4n) is 0.267. The summed E-state index contributed by atoms with van der Waals surface area (Å²) in [6, 6.07) is 0. The van der Waals surface area contributed by atoms with Crippen LogP contribution in [-0.2, 0) is 4.79 Å². The lowest BCUT2D eigenvalue weighted by atomic mass is 10.9. The lowest BCUT2D eigenvalue weighted by Crippen LogP contribution is -1.78. The number of rotatable bonds is 0. The van der Waals surface area contributed by atoms with Crippen molar-refractivity contribution < 1.29 is 4.79 Å². The van der Waals surface area contributed by atoms with Gasteiger partial charge in [0.05, 0.1) is 0 Å². The number of thiazole rings is 1. The highest BCUT2D eigenvalue weighted by Gasteiger charge is 1.89. The molecule has 0 aliphatic heterocycles. The van der Waals surface area contributed by atoms with Crippen LogP contribution in [0.2, 0.25) is 5.15 Å². The summed E-state index contributed by atoms with van der Waals surface area (Å²) in [6.07, 6.45) is 0. The predicted molar refractivity (Wildman–Crippen MR) is 48.1 cm³/mol. The molecule has 1 rings (SSSR count). The van der Waals surface area contributed by atoms with Crippen LogP contribution >= 0.6 is 34.5 Å². The number of hydrogen-bond donors (Lipinski definition) is 1. The highest BCUT2D eigenvalue weighted by Crippen LogP contribution is 2.14. The summed E-state index contributed by atoms with van der Waals surface area (Å²) >= 11 is 11.4. The molecule has 1 aromatic heterocycles. The minimum atomic E-state index is -0.361. The van der Waals surface area contributed by atoms with E-state index in [4.69, 9.17) is 17.3 Å². The summed E-state index contributed by atoms with van der Waals surface area (Å²) in [5.74, 6) is 0. The highest BCUT2D eigenvalue weighted by atomic mass is 35.5. The van der Waals surface area contributed by atoms with Gasteiger partial charge in [0.2, 0.25) is 5.24 Å². The van der Waals surface area contributed by atoms with Crippen LogP contribution in [0, 0.1) is 0 Å². The van der Waals surface area contributed by atoms with Crippen molar-refractivity contribution in [2.75, 3.05) is 5.73 Å². The van der Waals surface area contributed by atoms with Crippen LogP contribution in [0.25, 0.3) is 0 Å². The molecule has 0 saturated heterocycles. The smallest absolute Gasteiger partial charge is 0.218 e. The molecule has 0 atom stereocenters. The van der Waals surface area contributed by atoms with Gasteiger partial charge in [-0.05, 0) is 11.6 Å². The van der Waals surface area contributed by atoms with Crippen LogP contribution in [0.3, 0.4) is 0 Å². The van der Waals surface area contributed by atoms with Crippen LogP contribution in [-0.4, -0.2) is 10.2 Å². The molecule has 0 aliphatic carbocycles. The molecule has 0 aromatic carbocycles. The average Bonchev–Trinajstić information content (AvgIpc) is 2.13. The van der Waals surface area contributed by atoms with E-state index in [9.17, 15) is 4.79 Å². The molecule has 0 unspecified atom stereocenters. The van der Waals surface area contributed by atoms with E-state index in [1.807, 2.05) is 0 Å². The summed E-state index contributed by atoms with van der Waals surface area (Å²) in [5, 5.41) is 2.32. The maximum atomic E-state index is 9.21. The maximum absolute atomic E-state index is 9.21. The van der Waals surface area contributed by atoms with Crippen molar-refractivity contribution in [2.24, 2.45) is 0 Å². The number of aromatic nitrogens is 1. The fraction of sp³-hybridized carbons (Fsp3) is 0.200. The molecule has 1 heterocycles. The van der Waals surface area contributed by atoms with Crippen molar-refractivity contribution in [2.45, 2.75) is 6.92 Å². The Labute approximate surface area is 78.1 Å².